The summed E-state index contributed by atoms with van der Waals surface area (Å²) in [5, 5.41) is 8.07. The van der Waals surface area contributed by atoms with Crippen LogP contribution < -0.4 is 10.6 Å². The number of benzene rings is 3. The number of hydrogen-bond donors (Lipinski definition) is 2. The Kier molecular flexibility index (Phi) is 4.40. The summed E-state index contributed by atoms with van der Waals surface area (Å²) in [5.41, 5.74) is 0.348. The first-order valence-corrected chi connectivity index (χ1v) is 7.57. The minimum atomic E-state index is -4.39. The summed E-state index contributed by atoms with van der Waals surface area (Å²) in [6.07, 6.45) is -4.39. The Labute approximate surface area is 142 Å². The van der Waals surface area contributed by atoms with Gasteiger partial charge in [-0.2, -0.15) is 13.2 Å². The van der Waals surface area contributed by atoms with E-state index < -0.39 is 11.7 Å². The van der Waals surface area contributed by atoms with Crippen molar-refractivity contribution in [1.82, 2.24) is 0 Å². The van der Waals surface area contributed by atoms with Gasteiger partial charge >= 0.3 is 6.18 Å². The van der Waals surface area contributed by atoms with E-state index >= 15 is 0 Å². The van der Waals surface area contributed by atoms with Gasteiger partial charge in [0.1, 0.15) is 0 Å². The van der Waals surface area contributed by atoms with Crippen molar-refractivity contribution in [3.8, 4) is 0 Å². The molecule has 0 aliphatic carbocycles. The van der Waals surface area contributed by atoms with E-state index in [-0.39, 0.29) is 10.8 Å². The van der Waals surface area contributed by atoms with Crippen LogP contribution in [-0.4, -0.2) is 5.11 Å². The first kappa shape index (κ1) is 16.3. The molecule has 0 saturated heterocycles. The first-order chi connectivity index (χ1) is 11.4. The van der Waals surface area contributed by atoms with Gasteiger partial charge in [-0.05, 0) is 41.9 Å². The number of thiocarbonyl (C=S) groups is 1. The molecule has 0 aliphatic rings. The van der Waals surface area contributed by atoms with Gasteiger partial charge in [0.2, 0.25) is 0 Å². The molecule has 0 aliphatic heterocycles. The zero-order valence-electron chi connectivity index (χ0n) is 12.4. The van der Waals surface area contributed by atoms with Gasteiger partial charge in [-0.1, -0.05) is 42.5 Å². The monoisotopic (exact) mass is 346 g/mol. The SMILES string of the molecule is FC(F)(F)c1cccc(NC(=S)Nc2cccc3ccccc23)c1. The lowest BCUT2D eigenvalue weighted by Crippen LogP contribution is -2.19. The quantitative estimate of drug-likeness (QED) is 0.585. The summed E-state index contributed by atoms with van der Waals surface area (Å²) in [6, 6.07) is 18.4. The molecule has 0 amide bonds. The molecule has 0 aromatic heterocycles. The van der Waals surface area contributed by atoms with Gasteiger partial charge in [0, 0.05) is 16.8 Å². The van der Waals surface area contributed by atoms with Crippen LogP contribution in [0.1, 0.15) is 5.56 Å². The standard InChI is InChI=1S/C18H13F3N2S/c19-18(20,21)13-7-4-8-14(11-13)22-17(24)23-16-10-3-6-12-5-1-2-9-15(12)16/h1-11H,(H2,22,23,24). The third kappa shape index (κ3) is 3.65. The lowest BCUT2D eigenvalue weighted by atomic mass is 10.1. The average molecular weight is 346 g/mol. The Morgan fingerprint density at radius 2 is 1.54 bits per heavy atom. The smallest absolute Gasteiger partial charge is 0.332 e. The van der Waals surface area contributed by atoms with Crippen molar-refractivity contribution in [2.75, 3.05) is 10.6 Å². The topological polar surface area (TPSA) is 24.1 Å². The number of hydrogen-bond acceptors (Lipinski definition) is 1. The number of halogens is 3. The van der Waals surface area contributed by atoms with Crippen molar-refractivity contribution < 1.29 is 13.2 Å². The van der Waals surface area contributed by atoms with Crippen LogP contribution in [0.2, 0.25) is 0 Å². The predicted molar refractivity (Wildman–Crippen MR) is 95.2 cm³/mol. The molecule has 2 N–H and O–H groups in total. The van der Waals surface area contributed by atoms with Gasteiger partial charge in [0.15, 0.2) is 5.11 Å². The van der Waals surface area contributed by atoms with Gasteiger partial charge in [0.25, 0.3) is 0 Å². The third-order valence-electron chi connectivity index (χ3n) is 3.49. The lowest BCUT2D eigenvalue weighted by Gasteiger charge is -2.14. The van der Waals surface area contributed by atoms with Crippen molar-refractivity contribution in [3.63, 3.8) is 0 Å². The van der Waals surface area contributed by atoms with Gasteiger partial charge in [-0.3, -0.25) is 0 Å². The number of nitrogens with one attached hydrogen (secondary N) is 2. The number of anilines is 2. The average Bonchev–Trinajstić information content (AvgIpc) is 2.54. The summed E-state index contributed by atoms with van der Waals surface area (Å²) in [6.45, 7) is 0. The first-order valence-electron chi connectivity index (χ1n) is 7.16. The van der Waals surface area contributed by atoms with E-state index in [2.05, 4.69) is 10.6 Å². The van der Waals surface area contributed by atoms with E-state index in [1.54, 1.807) is 0 Å². The Morgan fingerprint density at radius 1 is 0.833 bits per heavy atom. The molecular weight excluding hydrogens is 333 g/mol. The minimum absolute atomic E-state index is 0.227. The van der Waals surface area contributed by atoms with Crippen LogP contribution in [0.15, 0.2) is 66.7 Å². The molecule has 0 bridgehead atoms. The van der Waals surface area contributed by atoms with Crippen molar-refractivity contribution in [3.05, 3.63) is 72.3 Å². The van der Waals surface area contributed by atoms with Crippen LogP contribution in [0.5, 0.6) is 0 Å². The van der Waals surface area contributed by atoms with Crippen LogP contribution in [0.3, 0.4) is 0 Å². The van der Waals surface area contributed by atoms with Crippen molar-refractivity contribution in [1.29, 1.82) is 0 Å². The van der Waals surface area contributed by atoms with Crippen LogP contribution in [-0.2, 0) is 6.18 Å². The fourth-order valence-corrected chi connectivity index (χ4v) is 2.62. The Balaban J connectivity index is 1.78. The number of fused-ring (bicyclic) bond motifs is 1. The highest BCUT2D eigenvalue weighted by molar-refractivity contribution is 7.80. The maximum atomic E-state index is 12.8. The summed E-state index contributed by atoms with van der Waals surface area (Å²) in [4.78, 5) is 0. The molecule has 3 aromatic rings. The predicted octanol–water partition coefficient (Wildman–Crippen LogP) is 5.67. The summed E-state index contributed by atoms with van der Waals surface area (Å²) in [7, 11) is 0. The van der Waals surface area contributed by atoms with Gasteiger partial charge in [-0.15, -0.1) is 0 Å². The second kappa shape index (κ2) is 6.49. The van der Waals surface area contributed by atoms with E-state index in [9.17, 15) is 13.2 Å². The van der Waals surface area contributed by atoms with Crippen LogP contribution >= 0.6 is 12.2 Å². The zero-order chi connectivity index (χ0) is 17.2. The molecule has 24 heavy (non-hydrogen) atoms. The molecule has 3 aromatic carbocycles. The highest BCUT2D eigenvalue weighted by Crippen LogP contribution is 2.30. The van der Waals surface area contributed by atoms with Gasteiger partial charge < -0.3 is 10.6 Å². The molecule has 0 heterocycles. The summed E-state index contributed by atoms with van der Waals surface area (Å²) < 4.78 is 38.3. The van der Waals surface area contributed by atoms with Crippen molar-refractivity contribution in [2.45, 2.75) is 6.18 Å². The molecular formula is C18H13F3N2S. The second-order valence-electron chi connectivity index (χ2n) is 5.18. The Bertz CT molecular complexity index is 885. The molecule has 2 nitrogen and oxygen atoms in total. The fraction of sp³-hybridized carbons (Fsp3) is 0.0556. The normalized spacial score (nSPS) is 11.3. The number of alkyl halides is 3. The van der Waals surface area contributed by atoms with Crippen LogP contribution in [0.4, 0.5) is 24.5 Å². The molecule has 0 atom stereocenters. The lowest BCUT2D eigenvalue weighted by molar-refractivity contribution is -0.137. The van der Waals surface area contributed by atoms with Crippen molar-refractivity contribution >= 4 is 39.5 Å². The van der Waals surface area contributed by atoms with Gasteiger partial charge in [-0.25, -0.2) is 0 Å². The molecule has 6 heteroatoms. The molecule has 0 spiro atoms. The second-order valence-corrected chi connectivity index (χ2v) is 5.59. The molecule has 0 unspecified atom stereocenters. The van der Waals surface area contributed by atoms with Gasteiger partial charge in [0.05, 0.1) is 5.56 Å². The van der Waals surface area contributed by atoms with Crippen molar-refractivity contribution in [2.24, 2.45) is 0 Å². The summed E-state index contributed by atoms with van der Waals surface area (Å²) in [5.74, 6) is 0. The Morgan fingerprint density at radius 3 is 2.33 bits per heavy atom. The minimum Gasteiger partial charge on any atom is -0.332 e. The summed E-state index contributed by atoms with van der Waals surface area (Å²) >= 11 is 5.21. The molecule has 0 saturated carbocycles. The highest BCUT2D eigenvalue weighted by Gasteiger charge is 2.30. The van der Waals surface area contributed by atoms with E-state index in [1.165, 1.54) is 12.1 Å². The molecule has 122 valence electrons. The van der Waals surface area contributed by atoms with E-state index in [1.807, 2.05) is 42.5 Å². The molecule has 3 rings (SSSR count). The van der Waals surface area contributed by atoms with Crippen LogP contribution in [0.25, 0.3) is 10.8 Å². The van der Waals surface area contributed by atoms with Crippen LogP contribution in [0, 0.1) is 0 Å². The zero-order valence-corrected chi connectivity index (χ0v) is 13.2. The molecule has 0 radical (unpaired) electrons. The fourth-order valence-electron chi connectivity index (χ4n) is 2.39. The third-order valence-corrected chi connectivity index (χ3v) is 3.69. The Hall–Kier alpha value is -2.60. The maximum Gasteiger partial charge on any atom is 0.416 e. The number of rotatable bonds is 2. The maximum absolute atomic E-state index is 12.8. The largest absolute Gasteiger partial charge is 0.416 e. The molecule has 0 fully saturated rings. The highest BCUT2D eigenvalue weighted by atomic mass is 32.1. The van der Waals surface area contributed by atoms with E-state index in [0.717, 1.165) is 28.6 Å². The van der Waals surface area contributed by atoms with E-state index in [4.69, 9.17) is 12.2 Å². The van der Waals surface area contributed by atoms with E-state index in [0.29, 0.717) is 0 Å².